The van der Waals surface area contributed by atoms with Crippen molar-refractivity contribution in [2.75, 3.05) is 19.6 Å². The number of nitrogens with one attached hydrogen (secondary N) is 1. The highest BCUT2D eigenvalue weighted by molar-refractivity contribution is 5.76. The molecule has 0 radical (unpaired) electrons. The van der Waals surface area contributed by atoms with Gasteiger partial charge in [-0.1, -0.05) is 33.1 Å². The quantitative estimate of drug-likeness (QED) is 0.810. The average molecular weight is 280 g/mol. The van der Waals surface area contributed by atoms with Gasteiger partial charge in [0.1, 0.15) is 0 Å². The predicted octanol–water partition coefficient (Wildman–Crippen LogP) is 3.19. The lowest BCUT2D eigenvalue weighted by Gasteiger charge is -2.30. The fraction of sp³-hybridized carbons (Fsp3) is 0.941. The molecule has 3 heteroatoms. The second kappa shape index (κ2) is 8.02. The van der Waals surface area contributed by atoms with E-state index in [0.29, 0.717) is 23.8 Å². The second-order valence-electron chi connectivity index (χ2n) is 7.19. The van der Waals surface area contributed by atoms with Gasteiger partial charge in [-0.25, -0.2) is 0 Å². The summed E-state index contributed by atoms with van der Waals surface area (Å²) in [7, 11) is 0. The van der Waals surface area contributed by atoms with Crippen molar-refractivity contribution in [3.63, 3.8) is 0 Å². The molecule has 1 saturated carbocycles. The minimum atomic E-state index is 0.402. The lowest BCUT2D eigenvalue weighted by molar-refractivity contribution is -0.133. The van der Waals surface area contributed by atoms with E-state index >= 15 is 0 Å². The zero-order chi connectivity index (χ0) is 14.4. The maximum Gasteiger partial charge on any atom is 0.222 e. The van der Waals surface area contributed by atoms with Crippen molar-refractivity contribution in [1.29, 1.82) is 0 Å². The molecule has 0 spiro atoms. The van der Waals surface area contributed by atoms with Crippen LogP contribution in [0.4, 0.5) is 0 Å². The maximum atomic E-state index is 12.6. The first-order chi connectivity index (χ1) is 9.65. The van der Waals surface area contributed by atoms with Gasteiger partial charge in [0.05, 0.1) is 0 Å². The van der Waals surface area contributed by atoms with E-state index < -0.39 is 0 Å². The van der Waals surface area contributed by atoms with Crippen molar-refractivity contribution in [3.8, 4) is 0 Å². The molecule has 1 atom stereocenters. The van der Waals surface area contributed by atoms with E-state index in [2.05, 4.69) is 24.1 Å². The highest BCUT2D eigenvalue weighted by atomic mass is 16.2. The van der Waals surface area contributed by atoms with E-state index in [0.717, 1.165) is 26.1 Å². The molecule has 116 valence electrons. The van der Waals surface area contributed by atoms with Gasteiger partial charge in [0.2, 0.25) is 5.91 Å². The van der Waals surface area contributed by atoms with Gasteiger partial charge in [0.25, 0.3) is 0 Å². The molecule has 20 heavy (non-hydrogen) atoms. The Kier molecular flexibility index (Phi) is 6.34. The summed E-state index contributed by atoms with van der Waals surface area (Å²) < 4.78 is 0. The van der Waals surface area contributed by atoms with Crippen molar-refractivity contribution < 1.29 is 4.79 Å². The summed E-state index contributed by atoms with van der Waals surface area (Å²) in [5.41, 5.74) is 0. The van der Waals surface area contributed by atoms with Crippen LogP contribution in [0.15, 0.2) is 0 Å². The van der Waals surface area contributed by atoms with Crippen LogP contribution in [0, 0.1) is 11.8 Å². The van der Waals surface area contributed by atoms with Gasteiger partial charge in [-0.05, 0) is 44.1 Å². The Labute approximate surface area is 124 Å². The number of hydrogen-bond donors (Lipinski definition) is 1. The molecular formula is C17H32N2O. The molecule has 1 aliphatic heterocycles. The Bertz CT molecular complexity index is 291. The summed E-state index contributed by atoms with van der Waals surface area (Å²) in [6, 6.07) is 0.532. The molecule has 3 nitrogen and oxygen atoms in total. The van der Waals surface area contributed by atoms with Gasteiger partial charge in [-0.3, -0.25) is 4.79 Å². The Morgan fingerprint density at radius 3 is 2.50 bits per heavy atom. The largest absolute Gasteiger partial charge is 0.341 e. The second-order valence-corrected chi connectivity index (χ2v) is 7.19. The average Bonchev–Trinajstić information content (AvgIpc) is 2.91. The minimum absolute atomic E-state index is 0.402. The summed E-state index contributed by atoms with van der Waals surface area (Å²) in [5.74, 6) is 1.62. The van der Waals surface area contributed by atoms with Crippen molar-refractivity contribution >= 4 is 5.91 Å². The highest BCUT2D eigenvalue weighted by Gasteiger charge is 2.24. The van der Waals surface area contributed by atoms with E-state index in [1.54, 1.807) is 0 Å². The fourth-order valence-corrected chi connectivity index (χ4v) is 3.66. The van der Waals surface area contributed by atoms with Crippen LogP contribution in [0.1, 0.15) is 65.2 Å². The molecule has 1 amide bonds. The molecule has 0 aromatic carbocycles. The summed E-state index contributed by atoms with van der Waals surface area (Å²) in [5, 5.41) is 3.52. The van der Waals surface area contributed by atoms with Crippen molar-refractivity contribution in [2.24, 2.45) is 11.8 Å². The number of hydrogen-bond acceptors (Lipinski definition) is 2. The third-order valence-electron chi connectivity index (χ3n) is 4.73. The van der Waals surface area contributed by atoms with Crippen molar-refractivity contribution in [3.05, 3.63) is 0 Å². The summed E-state index contributed by atoms with van der Waals surface area (Å²) >= 11 is 0. The standard InChI is InChI=1S/C17H32N2O/c1-14(2)12-19(13-16-9-6-10-18-16)17(20)11-15-7-4-3-5-8-15/h14-16,18H,3-13H2,1-2H3. The Balaban J connectivity index is 1.84. The Morgan fingerprint density at radius 1 is 1.15 bits per heavy atom. The van der Waals surface area contributed by atoms with Crippen molar-refractivity contribution in [1.82, 2.24) is 10.2 Å². The van der Waals surface area contributed by atoms with E-state index in [1.807, 2.05) is 0 Å². The summed E-state index contributed by atoms with van der Waals surface area (Å²) in [4.78, 5) is 14.8. The summed E-state index contributed by atoms with van der Waals surface area (Å²) in [6.07, 6.45) is 9.83. The SMILES string of the molecule is CC(C)CN(CC1CCCN1)C(=O)CC1CCCCC1. The molecule has 1 N–H and O–H groups in total. The van der Waals surface area contributed by atoms with Crippen LogP contribution < -0.4 is 5.32 Å². The van der Waals surface area contributed by atoms with Gasteiger partial charge in [0, 0.05) is 25.6 Å². The van der Waals surface area contributed by atoms with Crippen LogP contribution >= 0.6 is 0 Å². The maximum absolute atomic E-state index is 12.6. The molecule has 1 saturated heterocycles. The van der Waals surface area contributed by atoms with Crippen LogP contribution in [0.25, 0.3) is 0 Å². The zero-order valence-electron chi connectivity index (χ0n) is 13.4. The molecular weight excluding hydrogens is 248 g/mol. The first kappa shape index (κ1) is 15.8. The van der Waals surface area contributed by atoms with Crippen LogP contribution in [-0.4, -0.2) is 36.5 Å². The van der Waals surface area contributed by atoms with Gasteiger partial charge in [0.15, 0.2) is 0 Å². The molecule has 1 unspecified atom stereocenters. The number of amides is 1. The third-order valence-corrected chi connectivity index (χ3v) is 4.73. The predicted molar refractivity (Wildman–Crippen MR) is 83.6 cm³/mol. The van der Waals surface area contributed by atoms with Gasteiger partial charge >= 0.3 is 0 Å². The molecule has 0 aromatic rings. The monoisotopic (exact) mass is 280 g/mol. The van der Waals surface area contributed by atoms with Crippen molar-refractivity contribution in [2.45, 2.75) is 71.3 Å². The first-order valence-corrected chi connectivity index (χ1v) is 8.66. The normalized spacial score (nSPS) is 24.2. The number of rotatable bonds is 6. The van der Waals surface area contributed by atoms with Gasteiger partial charge < -0.3 is 10.2 Å². The number of nitrogens with zero attached hydrogens (tertiary/aromatic N) is 1. The third kappa shape index (κ3) is 5.08. The highest BCUT2D eigenvalue weighted by Crippen LogP contribution is 2.27. The zero-order valence-corrected chi connectivity index (χ0v) is 13.4. The Morgan fingerprint density at radius 2 is 1.90 bits per heavy atom. The summed E-state index contributed by atoms with van der Waals surface area (Å²) in [6.45, 7) is 7.39. The molecule has 2 rings (SSSR count). The van der Waals surface area contributed by atoms with Gasteiger partial charge in [-0.15, -0.1) is 0 Å². The Hall–Kier alpha value is -0.570. The van der Waals surface area contributed by atoms with Crippen LogP contribution in [0.2, 0.25) is 0 Å². The van der Waals surface area contributed by atoms with Gasteiger partial charge in [-0.2, -0.15) is 0 Å². The van der Waals surface area contributed by atoms with E-state index in [1.165, 1.54) is 44.9 Å². The van der Waals surface area contributed by atoms with Crippen LogP contribution in [-0.2, 0) is 4.79 Å². The molecule has 0 aromatic heterocycles. The van der Waals surface area contributed by atoms with E-state index in [4.69, 9.17) is 0 Å². The van der Waals surface area contributed by atoms with E-state index in [-0.39, 0.29) is 0 Å². The molecule has 2 aliphatic rings. The molecule has 1 aliphatic carbocycles. The first-order valence-electron chi connectivity index (χ1n) is 8.66. The number of carbonyl (C=O) groups excluding carboxylic acids is 1. The fourth-order valence-electron chi connectivity index (χ4n) is 3.66. The lowest BCUT2D eigenvalue weighted by Crippen LogP contribution is -2.43. The van der Waals surface area contributed by atoms with E-state index in [9.17, 15) is 4.79 Å². The topological polar surface area (TPSA) is 32.3 Å². The smallest absolute Gasteiger partial charge is 0.222 e. The van der Waals surface area contributed by atoms with Crippen LogP contribution in [0.3, 0.4) is 0 Å². The molecule has 2 fully saturated rings. The molecule has 0 bridgehead atoms. The van der Waals surface area contributed by atoms with Crippen LogP contribution in [0.5, 0.6) is 0 Å². The minimum Gasteiger partial charge on any atom is -0.341 e. The lowest BCUT2D eigenvalue weighted by atomic mass is 9.86. The molecule has 1 heterocycles. The number of carbonyl (C=O) groups is 1.